The van der Waals surface area contributed by atoms with Crippen LogP contribution in [-0.4, -0.2) is 9.97 Å². The standard InChI is InChI=1S/C17H13Cl2FN4/c1-10-7-16(22-13-4-2-3-12(20)9-13)24-17(21-10)23-15-6-5-11(18)8-14(15)19/h2-9H,1H3,(H2,21,22,23,24). The first-order chi connectivity index (χ1) is 11.5. The normalized spacial score (nSPS) is 10.5. The SMILES string of the molecule is Cc1cc(Nc2cccc(F)c2)nc(Nc2ccc(Cl)cc2Cl)n1. The Labute approximate surface area is 148 Å². The highest BCUT2D eigenvalue weighted by molar-refractivity contribution is 6.36. The number of benzene rings is 2. The molecule has 2 N–H and O–H groups in total. The summed E-state index contributed by atoms with van der Waals surface area (Å²) in [5.41, 5.74) is 1.99. The van der Waals surface area contributed by atoms with Crippen molar-refractivity contribution in [2.75, 3.05) is 10.6 Å². The first-order valence-electron chi connectivity index (χ1n) is 7.10. The second kappa shape index (κ2) is 7.03. The second-order valence-electron chi connectivity index (χ2n) is 5.10. The Kier molecular flexibility index (Phi) is 4.83. The third-order valence-electron chi connectivity index (χ3n) is 3.13. The topological polar surface area (TPSA) is 49.8 Å². The van der Waals surface area contributed by atoms with Gasteiger partial charge >= 0.3 is 0 Å². The van der Waals surface area contributed by atoms with E-state index in [9.17, 15) is 4.39 Å². The molecule has 3 aromatic rings. The molecule has 0 aliphatic heterocycles. The van der Waals surface area contributed by atoms with Crippen LogP contribution in [0, 0.1) is 12.7 Å². The lowest BCUT2D eigenvalue weighted by atomic mass is 10.3. The minimum Gasteiger partial charge on any atom is -0.340 e. The molecule has 0 unspecified atom stereocenters. The third kappa shape index (κ3) is 4.13. The van der Waals surface area contributed by atoms with Crippen LogP contribution >= 0.6 is 23.2 Å². The van der Waals surface area contributed by atoms with Gasteiger partial charge in [-0.1, -0.05) is 29.3 Å². The summed E-state index contributed by atoms with van der Waals surface area (Å²) in [7, 11) is 0. The summed E-state index contributed by atoms with van der Waals surface area (Å²) in [6.07, 6.45) is 0. The van der Waals surface area contributed by atoms with Crippen LogP contribution < -0.4 is 10.6 Å². The Hall–Kier alpha value is -2.37. The maximum absolute atomic E-state index is 13.3. The highest BCUT2D eigenvalue weighted by Gasteiger charge is 2.07. The Balaban J connectivity index is 1.86. The van der Waals surface area contributed by atoms with Gasteiger partial charge in [0, 0.05) is 22.5 Å². The van der Waals surface area contributed by atoms with Crippen molar-refractivity contribution in [1.29, 1.82) is 0 Å². The van der Waals surface area contributed by atoms with Crippen molar-refractivity contribution in [1.82, 2.24) is 9.97 Å². The number of hydrogen-bond acceptors (Lipinski definition) is 4. The molecular weight excluding hydrogens is 350 g/mol. The largest absolute Gasteiger partial charge is 0.340 e. The molecule has 0 saturated heterocycles. The van der Waals surface area contributed by atoms with E-state index < -0.39 is 0 Å². The van der Waals surface area contributed by atoms with E-state index in [0.717, 1.165) is 5.69 Å². The summed E-state index contributed by atoms with van der Waals surface area (Å²) in [5.74, 6) is 0.593. The lowest BCUT2D eigenvalue weighted by Crippen LogP contribution is -2.02. The Morgan fingerprint density at radius 1 is 0.958 bits per heavy atom. The first-order valence-corrected chi connectivity index (χ1v) is 7.85. The minimum absolute atomic E-state index is 0.322. The number of hydrogen-bond donors (Lipinski definition) is 2. The smallest absolute Gasteiger partial charge is 0.229 e. The summed E-state index contributed by atoms with van der Waals surface area (Å²) in [5, 5.41) is 7.11. The molecule has 7 heteroatoms. The number of nitrogens with one attached hydrogen (secondary N) is 2. The van der Waals surface area contributed by atoms with Crippen molar-refractivity contribution in [3.8, 4) is 0 Å². The zero-order chi connectivity index (χ0) is 17.1. The van der Waals surface area contributed by atoms with Crippen molar-refractivity contribution < 1.29 is 4.39 Å². The van der Waals surface area contributed by atoms with Crippen LogP contribution in [0.5, 0.6) is 0 Å². The van der Waals surface area contributed by atoms with Gasteiger partial charge in [-0.05, 0) is 43.3 Å². The predicted octanol–water partition coefficient (Wildman–Crippen LogP) is 5.72. The molecule has 24 heavy (non-hydrogen) atoms. The molecule has 0 atom stereocenters. The summed E-state index contributed by atoms with van der Waals surface area (Å²) < 4.78 is 13.3. The monoisotopic (exact) mass is 362 g/mol. The molecular formula is C17H13Cl2FN4. The summed E-state index contributed by atoms with van der Waals surface area (Å²) in [6.45, 7) is 1.84. The van der Waals surface area contributed by atoms with Gasteiger partial charge in [-0.15, -0.1) is 0 Å². The number of rotatable bonds is 4. The zero-order valence-electron chi connectivity index (χ0n) is 12.6. The molecule has 4 nitrogen and oxygen atoms in total. The van der Waals surface area contributed by atoms with Gasteiger partial charge in [0.05, 0.1) is 10.7 Å². The molecule has 0 spiro atoms. The molecule has 1 aromatic heterocycles. The van der Waals surface area contributed by atoms with E-state index in [-0.39, 0.29) is 5.82 Å². The number of anilines is 4. The van der Waals surface area contributed by atoms with Crippen molar-refractivity contribution >= 4 is 46.3 Å². The molecule has 0 aliphatic rings. The minimum atomic E-state index is -0.322. The number of nitrogens with zero attached hydrogens (tertiary/aromatic N) is 2. The molecule has 122 valence electrons. The average Bonchev–Trinajstić information content (AvgIpc) is 2.49. The molecule has 0 amide bonds. The van der Waals surface area contributed by atoms with Crippen LogP contribution in [0.4, 0.5) is 27.5 Å². The van der Waals surface area contributed by atoms with Crippen LogP contribution in [0.2, 0.25) is 10.0 Å². The van der Waals surface area contributed by atoms with E-state index in [0.29, 0.717) is 33.2 Å². The summed E-state index contributed by atoms with van der Waals surface area (Å²) in [6, 6.07) is 13.0. The summed E-state index contributed by atoms with van der Waals surface area (Å²) in [4.78, 5) is 8.69. The van der Waals surface area contributed by atoms with E-state index in [1.54, 1.807) is 36.4 Å². The maximum atomic E-state index is 13.3. The molecule has 2 aromatic carbocycles. The van der Waals surface area contributed by atoms with Crippen molar-refractivity contribution in [3.05, 3.63) is 70.1 Å². The third-order valence-corrected chi connectivity index (χ3v) is 3.68. The van der Waals surface area contributed by atoms with Crippen LogP contribution in [0.15, 0.2) is 48.5 Å². The van der Waals surface area contributed by atoms with Crippen molar-refractivity contribution in [2.45, 2.75) is 6.92 Å². The Bertz CT molecular complexity index is 886. The number of aromatic nitrogens is 2. The van der Waals surface area contributed by atoms with Gasteiger partial charge in [0.25, 0.3) is 0 Å². The fourth-order valence-corrected chi connectivity index (χ4v) is 2.57. The molecule has 1 heterocycles. The first kappa shape index (κ1) is 16.5. The Morgan fingerprint density at radius 3 is 2.54 bits per heavy atom. The second-order valence-corrected chi connectivity index (χ2v) is 5.95. The van der Waals surface area contributed by atoms with Gasteiger partial charge in [-0.25, -0.2) is 9.37 Å². The van der Waals surface area contributed by atoms with E-state index in [2.05, 4.69) is 20.6 Å². The summed E-state index contributed by atoms with van der Waals surface area (Å²) >= 11 is 12.0. The Morgan fingerprint density at radius 2 is 1.79 bits per heavy atom. The van der Waals surface area contributed by atoms with E-state index in [1.165, 1.54) is 12.1 Å². The lowest BCUT2D eigenvalue weighted by molar-refractivity contribution is 0.628. The average molecular weight is 363 g/mol. The molecule has 0 saturated carbocycles. The van der Waals surface area contributed by atoms with E-state index in [1.807, 2.05) is 6.92 Å². The zero-order valence-corrected chi connectivity index (χ0v) is 14.2. The van der Waals surface area contributed by atoms with Gasteiger partial charge < -0.3 is 10.6 Å². The van der Waals surface area contributed by atoms with Gasteiger partial charge in [0.15, 0.2) is 0 Å². The molecule has 0 fully saturated rings. The number of aryl methyl sites for hydroxylation is 1. The highest BCUT2D eigenvalue weighted by Crippen LogP contribution is 2.28. The molecule has 0 bridgehead atoms. The maximum Gasteiger partial charge on any atom is 0.229 e. The van der Waals surface area contributed by atoms with Crippen molar-refractivity contribution in [2.24, 2.45) is 0 Å². The molecule has 0 radical (unpaired) electrons. The number of halogens is 3. The van der Waals surface area contributed by atoms with Gasteiger partial charge in [-0.3, -0.25) is 0 Å². The van der Waals surface area contributed by atoms with Crippen LogP contribution in [0.3, 0.4) is 0 Å². The van der Waals surface area contributed by atoms with E-state index >= 15 is 0 Å². The van der Waals surface area contributed by atoms with E-state index in [4.69, 9.17) is 23.2 Å². The van der Waals surface area contributed by atoms with Crippen LogP contribution in [-0.2, 0) is 0 Å². The predicted molar refractivity (Wildman–Crippen MR) is 96.2 cm³/mol. The van der Waals surface area contributed by atoms with Gasteiger partial charge in [0.1, 0.15) is 11.6 Å². The highest BCUT2D eigenvalue weighted by atomic mass is 35.5. The molecule has 3 rings (SSSR count). The van der Waals surface area contributed by atoms with Crippen LogP contribution in [0.1, 0.15) is 5.69 Å². The fourth-order valence-electron chi connectivity index (χ4n) is 2.11. The fraction of sp³-hybridized carbons (Fsp3) is 0.0588. The van der Waals surface area contributed by atoms with Crippen LogP contribution in [0.25, 0.3) is 0 Å². The van der Waals surface area contributed by atoms with Gasteiger partial charge in [0.2, 0.25) is 5.95 Å². The molecule has 0 aliphatic carbocycles. The van der Waals surface area contributed by atoms with Crippen molar-refractivity contribution in [3.63, 3.8) is 0 Å². The quantitative estimate of drug-likeness (QED) is 0.623. The van der Waals surface area contributed by atoms with Gasteiger partial charge in [-0.2, -0.15) is 4.98 Å². The lowest BCUT2D eigenvalue weighted by Gasteiger charge is -2.11.